The minimum Gasteiger partial charge on any atom is -0.488 e. The minimum absolute atomic E-state index is 0.0475. The van der Waals surface area contributed by atoms with Gasteiger partial charge in [0.25, 0.3) is 11.8 Å². The minimum atomic E-state index is -0.838. The van der Waals surface area contributed by atoms with Gasteiger partial charge in [0.1, 0.15) is 23.7 Å². The zero-order chi connectivity index (χ0) is 23.5. The van der Waals surface area contributed by atoms with Crippen LogP contribution in [0.4, 0.5) is 14.9 Å². The molecule has 3 aromatic rings. The van der Waals surface area contributed by atoms with Crippen LogP contribution in [-0.2, 0) is 16.2 Å². The number of rotatable bonds is 5. The highest BCUT2D eigenvalue weighted by Gasteiger charge is 2.37. The Hall–Kier alpha value is -3.30. The average Bonchev–Trinajstić information content (AvgIpc) is 2.78. The first-order valence-electron chi connectivity index (χ1n) is 9.66. The Morgan fingerprint density at radius 3 is 2.36 bits per heavy atom. The topological polar surface area (TPSA) is 75.7 Å². The van der Waals surface area contributed by atoms with Gasteiger partial charge in [0, 0.05) is 20.1 Å². The van der Waals surface area contributed by atoms with E-state index in [2.05, 4.69) is 37.2 Å². The molecule has 1 saturated heterocycles. The molecule has 6 nitrogen and oxygen atoms in total. The van der Waals surface area contributed by atoms with Crippen LogP contribution in [-0.4, -0.2) is 17.8 Å². The zero-order valence-electron chi connectivity index (χ0n) is 16.8. The number of benzene rings is 3. The van der Waals surface area contributed by atoms with Gasteiger partial charge in [0.15, 0.2) is 0 Å². The van der Waals surface area contributed by atoms with Gasteiger partial charge >= 0.3 is 6.03 Å². The van der Waals surface area contributed by atoms with E-state index in [-0.39, 0.29) is 12.2 Å². The van der Waals surface area contributed by atoms with E-state index in [9.17, 15) is 18.8 Å². The molecule has 0 saturated carbocycles. The van der Waals surface area contributed by atoms with Crippen molar-refractivity contribution in [2.24, 2.45) is 0 Å². The van der Waals surface area contributed by atoms with Crippen molar-refractivity contribution >= 4 is 61.5 Å². The number of amides is 4. The molecule has 1 aliphatic heterocycles. The summed E-state index contributed by atoms with van der Waals surface area (Å²) in [5, 5.41) is 2.19. The van der Waals surface area contributed by atoms with Gasteiger partial charge in [0.2, 0.25) is 0 Å². The second-order valence-corrected chi connectivity index (χ2v) is 8.83. The maximum Gasteiger partial charge on any atom is 0.335 e. The number of halogens is 3. The summed E-state index contributed by atoms with van der Waals surface area (Å²) >= 11 is 6.67. The summed E-state index contributed by atoms with van der Waals surface area (Å²) in [7, 11) is 0. The fourth-order valence-electron chi connectivity index (χ4n) is 3.17. The van der Waals surface area contributed by atoms with Gasteiger partial charge in [0.05, 0.1) is 5.69 Å². The monoisotopic (exact) mass is 572 g/mol. The smallest absolute Gasteiger partial charge is 0.335 e. The maximum absolute atomic E-state index is 14.0. The van der Waals surface area contributed by atoms with Crippen molar-refractivity contribution in [3.05, 3.63) is 98.2 Å². The van der Waals surface area contributed by atoms with Crippen LogP contribution < -0.4 is 15.0 Å². The van der Waals surface area contributed by atoms with E-state index in [0.29, 0.717) is 27.0 Å². The first kappa shape index (κ1) is 22.9. The maximum atomic E-state index is 14.0. The van der Waals surface area contributed by atoms with E-state index in [4.69, 9.17) is 4.74 Å². The van der Waals surface area contributed by atoms with Gasteiger partial charge < -0.3 is 4.74 Å². The first-order valence-corrected chi connectivity index (χ1v) is 11.2. The molecule has 0 aliphatic carbocycles. The normalized spacial score (nSPS) is 15.1. The molecule has 9 heteroatoms. The van der Waals surface area contributed by atoms with Gasteiger partial charge in [-0.1, -0.05) is 50.1 Å². The fourth-order valence-corrected chi connectivity index (χ4v) is 3.82. The highest BCUT2D eigenvalue weighted by molar-refractivity contribution is 9.10. The van der Waals surface area contributed by atoms with Crippen molar-refractivity contribution in [2.45, 2.75) is 6.61 Å². The van der Waals surface area contributed by atoms with Crippen molar-refractivity contribution in [1.82, 2.24) is 5.32 Å². The number of urea groups is 1. The van der Waals surface area contributed by atoms with Crippen molar-refractivity contribution in [3.63, 3.8) is 0 Å². The van der Waals surface area contributed by atoms with Crippen LogP contribution in [0.25, 0.3) is 6.08 Å². The quantitative estimate of drug-likeness (QED) is 0.319. The number of nitrogens with one attached hydrogen (secondary N) is 1. The largest absolute Gasteiger partial charge is 0.488 e. The lowest BCUT2D eigenvalue weighted by atomic mass is 10.1. The standard InChI is InChI=1S/C24H15Br2FN2O4/c25-16-5-8-18(9-6-16)29-23(31)19(22(30)28-24(29)32)12-15-11-17(26)7-10-21(15)33-13-14-3-1-2-4-20(14)27/h1-12H,13H2,(H,28,30,32)/b19-12+. The summed E-state index contributed by atoms with van der Waals surface area (Å²) in [6.45, 7) is -0.0475. The van der Waals surface area contributed by atoms with Crippen molar-refractivity contribution in [1.29, 1.82) is 0 Å². The van der Waals surface area contributed by atoms with Gasteiger partial charge in [-0.15, -0.1) is 0 Å². The fraction of sp³-hybridized carbons (Fsp3) is 0.0417. The molecular formula is C24H15Br2FN2O4. The Kier molecular flexibility index (Phi) is 6.71. The second kappa shape index (κ2) is 9.68. The third-order valence-electron chi connectivity index (χ3n) is 4.80. The number of carbonyl (C=O) groups is 3. The van der Waals surface area contributed by atoms with E-state index < -0.39 is 23.7 Å². The molecule has 0 radical (unpaired) electrons. The van der Waals surface area contributed by atoms with Crippen molar-refractivity contribution in [2.75, 3.05) is 4.90 Å². The van der Waals surface area contributed by atoms with Crippen LogP contribution in [0.1, 0.15) is 11.1 Å². The van der Waals surface area contributed by atoms with Crippen molar-refractivity contribution < 1.29 is 23.5 Å². The highest BCUT2D eigenvalue weighted by atomic mass is 79.9. The molecule has 166 valence electrons. The second-order valence-electron chi connectivity index (χ2n) is 7.00. The molecule has 3 aromatic carbocycles. The number of nitrogens with zero attached hydrogens (tertiary/aromatic N) is 1. The molecule has 1 heterocycles. The Labute approximate surface area is 205 Å². The highest BCUT2D eigenvalue weighted by Crippen LogP contribution is 2.29. The molecule has 1 aliphatic rings. The number of anilines is 1. The number of ether oxygens (including phenoxy) is 1. The van der Waals surface area contributed by atoms with Crippen LogP contribution in [0.15, 0.2) is 81.2 Å². The van der Waals surface area contributed by atoms with E-state index in [1.165, 1.54) is 12.1 Å². The molecular weight excluding hydrogens is 559 g/mol. The summed E-state index contributed by atoms with van der Waals surface area (Å²) < 4.78 is 21.2. The van der Waals surface area contributed by atoms with E-state index in [1.807, 2.05) is 0 Å². The number of imide groups is 2. The molecule has 4 amide bonds. The lowest BCUT2D eigenvalue weighted by Crippen LogP contribution is -2.54. The summed E-state index contributed by atoms with van der Waals surface area (Å²) in [4.78, 5) is 38.9. The Morgan fingerprint density at radius 2 is 1.64 bits per heavy atom. The molecule has 33 heavy (non-hydrogen) atoms. The number of hydrogen-bond donors (Lipinski definition) is 1. The molecule has 0 atom stereocenters. The van der Waals surface area contributed by atoms with Crippen LogP contribution in [0.5, 0.6) is 5.75 Å². The lowest BCUT2D eigenvalue weighted by molar-refractivity contribution is -0.122. The van der Waals surface area contributed by atoms with Crippen LogP contribution in [0, 0.1) is 5.82 Å². The first-order chi connectivity index (χ1) is 15.8. The molecule has 4 rings (SSSR count). The van der Waals surface area contributed by atoms with Crippen LogP contribution in [0.2, 0.25) is 0 Å². The van der Waals surface area contributed by atoms with Crippen molar-refractivity contribution in [3.8, 4) is 5.75 Å². The van der Waals surface area contributed by atoms with Crippen LogP contribution in [0.3, 0.4) is 0 Å². The number of carbonyl (C=O) groups excluding carboxylic acids is 3. The molecule has 1 N–H and O–H groups in total. The molecule has 1 fully saturated rings. The van der Waals surface area contributed by atoms with Gasteiger partial charge in [-0.2, -0.15) is 0 Å². The summed E-state index contributed by atoms with van der Waals surface area (Å²) in [5.41, 5.74) is 0.831. The summed E-state index contributed by atoms with van der Waals surface area (Å²) in [5.74, 6) is -1.66. The summed E-state index contributed by atoms with van der Waals surface area (Å²) in [6, 6.07) is 16.9. The Morgan fingerprint density at radius 1 is 0.939 bits per heavy atom. The predicted molar refractivity (Wildman–Crippen MR) is 128 cm³/mol. The van der Waals surface area contributed by atoms with Crippen LogP contribution >= 0.6 is 31.9 Å². The third-order valence-corrected chi connectivity index (χ3v) is 5.82. The molecule has 0 aromatic heterocycles. The predicted octanol–water partition coefficient (Wildman–Crippen LogP) is 5.60. The van der Waals surface area contributed by atoms with Gasteiger partial charge in [-0.25, -0.2) is 14.1 Å². The SMILES string of the molecule is O=C1NC(=O)N(c2ccc(Br)cc2)C(=O)/C1=C/c1cc(Br)ccc1OCc1ccccc1F. The van der Waals surface area contributed by atoms with E-state index in [1.54, 1.807) is 60.7 Å². The summed E-state index contributed by atoms with van der Waals surface area (Å²) in [6.07, 6.45) is 1.34. The van der Waals surface area contributed by atoms with E-state index >= 15 is 0 Å². The Balaban J connectivity index is 1.68. The van der Waals surface area contributed by atoms with Gasteiger partial charge in [-0.05, 0) is 54.6 Å². The molecule has 0 spiro atoms. The van der Waals surface area contributed by atoms with Gasteiger partial charge in [-0.3, -0.25) is 14.9 Å². The number of barbiturate groups is 1. The van der Waals surface area contributed by atoms with E-state index in [0.717, 1.165) is 9.37 Å². The average molecular weight is 574 g/mol. The lowest BCUT2D eigenvalue weighted by Gasteiger charge is -2.26. The molecule has 0 bridgehead atoms. The number of hydrogen-bond acceptors (Lipinski definition) is 4. The molecule has 0 unspecified atom stereocenters. The Bertz CT molecular complexity index is 1290. The third kappa shape index (κ3) is 5.04. The zero-order valence-corrected chi connectivity index (χ0v) is 20.0.